The molecule has 1 amide bonds. The number of amides is 1. The van der Waals surface area contributed by atoms with Crippen molar-refractivity contribution in [2.75, 3.05) is 6.54 Å². The topological polar surface area (TPSA) is 32.3 Å². The number of benzene rings is 2. The van der Waals surface area contributed by atoms with Gasteiger partial charge in [0.1, 0.15) is 0 Å². The van der Waals surface area contributed by atoms with Crippen LogP contribution in [0.5, 0.6) is 0 Å². The van der Waals surface area contributed by atoms with Crippen molar-refractivity contribution >= 4 is 5.91 Å². The molecule has 3 nitrogen and oxygen atoms in total. The van der Waals surface area contributed by atoms with Crippen molar-refractivity contribution < 1.29 is 22.4 Å². The van der Waals surface area contributed by atoms with E-state index in [9.17, 15) is 22.4 Å². The maximum atomic E-state index is 13.8. The molecule has 148 valence electrons. The van der Waals surface area contributed by atoms with E-state index in [1.807, 2.05) is 30.3 Å². The lowest BCUT2D eigenvalue weighted by Crippen LogP contribution is -2.37. The number of fused-ring (bicyclic) bond motifs is 1. The highest BCUT2D eigenvalue weighted by Gasteiger charge is 2.47. The zero-order valence-electron chi connectivity index (χ0n) is 15.1. The van der Waals surface area contributed by atoms with Crippen LogP contribution < -0.4 is 5.32 Å². The molecular formula is C21H20F4N2O. The van der Waals surface area contributed by atoms with Gasteiger partial charge in [0.2, 0.25) is 5.91 Å². The normalized spacial score (nSPS) is 24.4. The molecule has 2 aliphatic heterocycles. The van der Waals surface area contributed by atoms with E-state index >= 15 is 0 Å². The molecule has 2 aromatic rings. The quantitative estimate of drug-likeness (QED) is 0.483. The molecule has 2 aromatic carbocycles. The molecule has 2 aliphatic rings. The van der Waals surface area contributed by atoms with Gasteiger partial charge >= 0.3 is 0 Å². The van der Waals surface area contributed by atoms with Gasteiger partial charge in [-0.3, -0.25) is 9.69 Å². The molecule has 7 heteroatoms. The van der Waals surface area contributed by atoms with Gasteiger partial charge in [0, 0.05) is 24.2 Å². The van der Waals surface area contributed by atoms with Crippen molar-refractivity contribution in [1.29, 1.82) is 0 Å². The summed E-state index contributed by atoms with van der Waals surface area (Å²) >= 11 is 0. The smallest absolute Gasteiger partial charge is 0.225 e. The number of halogens is 4. The number of nitrogens with zero attached hydrogens (tertiary/aromatic N) is 1. The van der Waals surface area contributed by atoms with Gasteiger partial charge in [0.25, 0.3) is 0 Å². The van der Waals surface area contributed by atoms with E-state index in [2.05, 4.69) is 10.2 Å². The fourth-order valence-corrected chi connectivity index (χ4v) is 4.52. The maximum Gasteiger partial charge on any atom is 0.225 e. The summed E-state index contributed by atoms with van der Waals surface area (Å²) in [6.07, 6.45) is 2.53. The van der Waals surface area contributed by atoms with E-state index in [4.69, 9.17) is 0 Å². The zero-order chi connectivity index (χ0) is 19.8. The Kier molecular flexibility index (Phi) is 5.10. The molecule has 0 bridgehead atoms. The Morgan fingerprint density at radius 2 is 1.82 bits per heavy atom. The Bertz CT molecular complexity index is 890. The second-order valence-electron chi connectivity index (χ2n) is 7.39. The van der Waals surface area contributed by atoms with Crippen LogP contribution in [0.25, 0.3) is 0 Å². The fourth-order valence-electron chi connectivity index (χ4n) is 4.52. The predicted molar refractivity (Wildman–Crippen MR) is 95.1 cm³/mol. The number of carbonyl (C=O) groups excluding carboxylic acids is 1. The first kappa shape index (κ1) is 18.9. The van der Waals surface area contributed by atoms with Crippen molar-refractivity contribution in [1.82, 2.24) is 10.2 Å². The highest BCUT2D eigenvalue weighted by molar-refractivity contribution is 5.80. The molecule has 0 aromatic heterocycles. The van der Waals surface area contributed by atoms with Crippen molar-refractivity contribution in [3.63, 3.8) is 0 Å². The van der Waals surface area contributed by atoms with Crippen molar-refractivity contribution in [2.24, 2.45) is 5.92 Å². The third-order valence-corrected chi connectivity index (χ3v) is 5.84. The fraction of sp³-hybridized carbons (Fsp3) is 0.381. The van der Waals surface area contributed by atoms with Crippen LogP contribution in [0.2, 0.25) is 0 Å². The summed E-state index contributed by atoms with van der Waals surface area (Å²) in [5, 5.41) is 2.58. The first-order chi connectivity index (χ1) is 13.5. The highest BCUT2D eigenvalue weighted by atomic mass is 19.2. The lowest BCUT2D eigenvalue weighted by Gasteiger charge is -2.24. The summed E-state index contributed by atoms with van der Waals surface area (Å²) in [4.78, 5) is 15.1. The van der Waals surface area contributed by atoms with Crippen molar-refractivity contribution in [3.8, 4) is 0 Å². The first-order valence-electron chi connectivity index (χ1n) is 9.37. The second-order valence-corrected chi connectivity index (χ2v) is 7.39. The molecule has 0 spiro atoms. The van der Waals surface area contributed by atoms with Gasteiger partial charge in [0.05, 0.1) is 5.92 Å². The van der Waals surface area contributed by atoms with Gasteiger partial charge in [-0.05, 0) is 37.4 Å². The number of hydrogen-bond donors (Lipinski definition) is 1. The largest absolute Gasteiger partial charge is 0.352 e. The minimum atomic E-state index is -1.86. The molecule has 28 heavy (non-hydrogen) atoms. The van der Waals surface area contributed by atoms with Crippen LogP contribution in [0, 0.1) is 29.2 Å². The summed E-state index contributed by atoms with van der Waals surface area (Å²) < 4.78 is 53.7. The second kappa shape index (κ2) is 7.54. The van der Waals surface area contributed by atoms with Crippen LogP contribution in [0.15, 0.2) is 36.4 Å². The van der Waals surface area contributed by atoms with E-state index in [0.29, 0.717) is 12.5 Å². The van der Waals surface area contributed by atoms with Crippen LogP contribution in [-0.2, 0) is 11.3 Å². The molecule has 0 saturated carbocycles. The average Bonchev–Trinajstić information content (AvgIpc) is 3.31. The van der Waals surface area contributed by atoms with E-state index in [1.165, 1.54) is 0 Å². The predicted octanol–water partition coefficient (Wildman–Crippen LogP) is 4.08. The van der Waals surface area contributed by atoms with Gasteiger partial charge in [-0.25, -0.2) is 17.6 Å². The number of carbonyl (C=O) groups is 1. The molecule has 3 atom stereocenters. The number of rotatable bonds is 4. The summed E-state index contributed by atoms with van der Waals surface area (Å²) in [6.45, 7) is 0.523. The van der Waals surface area contributed by atoms with Crippen LogP contribution in [0.3, 0.4) is 0 Å². The third kappa shape index (κ3) is 3.28. The van der Waals surface area contributed by atoms with E-state index in [0.717, 1.165) is 24.9 Å². The van der Waals surface area contributed by atoms with Gasteiger partial charge in [0.15, 0.2) is 23.3 Å². The number of nitrogens with one attached hydrogen (secondary N) is 1. The Balaban J connectivity index is 1.48. The van der Waals surface area contributed by atoms with Crippen LogP contribution in [0.4, 0.5) is 17.6 Å². The standard InChI is InChI=1S/C21H20F4N2O/c22-15-9-13(18(23)20(25)19(15)24)11-26-21(28)14-10-17(12-5-2-1-3-6-12)27-8-4-7-16(14)27/h1-3,5-6,9,14,16-17H,4,7-8,10-11H2,(H,26,28)/t14-,16+,17-/m0/s1. The van der Waals surface area contributed by atoms with Crippen molar-refractivity contribution in [3.05, 3.63) is 70.8 Å². The molecule has 4 rings (SSSR count). The molecule has 0 aliphatic carbocycles. The van der Waals surface area contributed by atoms with Gasteiger partial charge in [-0.1, -0.05) is 30.3 Å². The van der Waals surface area contributed by atoms with Crippen LogP contribution in [0.1, 0.15) is 36.4 Å². The Morgan fingerprint density at radius 1 is 1.07 bits per heavy atom. The number of hydrogen-bond acceptors (Lipinski definition) is 2. The van der Waals surface area contributed by atoms with Gasteiger partial charge in [-0.15, -0.1) is 0 Å². The SMILES string of the molecule is O=C(NCc1cc(F)c(F)c(F)c1F)[C@H]1C[C@@H](c2ccccc2)N2CCC[C@H]12. The van der Waals surface area contributed by atoms with Gasteiger partial charge in [-0.2, -0.15) is 0 Å². The van der Waals surface area contributed by atoms with E-state index in [-0.39, 0.29) is 23.9 Å². The molecular weight excluding hydrogens is 372 g/mol. The lowest BCUT2D eigenvalue weighted by atomic mass is 9.93. The summed E-state index contributed by atoms with van der Waals surface area (Å²) in [6, 6.07) is 10.8. The van der Waals surface area contributed by atoms with Crippen molar-refractivity contribution in [2.45, 2.75) is 37.9 Å². The monoisotopic (exact) mass is 392 g/mol. The van der Waals surface area contributed by atoms with E-state index < -0.39 is 35.4 Å². The highest BCUT2D eigenvalue weighted by Crippen LogP contribution is 2.44. The average molecular weight is 392 g/mol. The third-order valence-electron chi connectivity index (χ3n) is 5.84. The maximum absolute atomic E-state index is 13.8. The van der Waals surface area contributed by atoms with E-state index in [1.54, 1.807) is 0 Å². The minimum absolute atomic E-state index is 0.0942. The first-order valence-corrected chi connectivity index (χ1v) is 9.37. The molecule has 0 radical (unpaired) electrons. The lowest BCUT2D eigenvalue weighted by molar-refractivity contribution is -0.125. The zero-order valence-corrected chi connectivity index (χ0v) is 15.1. The van der Waals surface area contributed by atoms with Gasteiger partial charge < -0.3 is 5.32 Å². The summed E-state index contributed by atoms with van der Waals surface area (Å²) in [5.74, 6) is -7.23. The Labute approximate surface area is 160 Å². The summed E-state index contributed by atoms with van der Waals surface area (Å²) in [5.41, 5.74) is 0.740. The Morgan fingerprint density at radius 3 is 2.57 bits per heavy atom. The molecule has 2 fully saturated rings. The molecule has 2 saturated heterocycles. The molecule has 2 heterocycles. The summed E-state index contributed by atoms with van der Waals surface area (Å²) in [7, 11) is 0. The molecule has 1 N–H and O–H groups in total. The Hall–Kier alpha value is -2.41. The molecule has 0 unspecified atom stereocenters. The van der Waals surface area contributed by atoms with Crippen LogP contribution in [-0.4, -0.2) is 23.4 Å². The van der Waals surface area contributed by atoms with Crippen LogP contribution >= 0.6 is 0 Å². The minimum Gasteiger partial charge on any atom is -0.352 e.